The Hall–Kier alpha value is -7.93. The van der Waals surface area contributed by atoms with Gasteiger partial charge in [0.1, 0.15) is 29.4 Å². The number of β-amino-alcohol motifs (C(OH)–C–C–N with tert-alkyl or cyclic N) is 1. The van der Waals surface area contributed by atoms with E-state index in [1.807, 2.05) is 57.5 Å². The van der Waals surface area contributed by atoms with E-state index >= 15 is 0 Å². The van der Waals surface area contributed by atoms with Gasteiger partial charge in [-0.05, 0) is 85.0 Å². The second kappa shape index (κ2) is 28.1. The second-order valence-electron chi connectivity index (χ2n) is 21.4. The molecule has 6 N–H and O–H groups in total. The van der Waals surface area contributed by atoms with Crippen LogP contribution in [0.3, 0.4) is 0 Å². The van der Waals surface area contributed by atoms with Gasteiger partial charge in [-0.15, -0.1) is 16.4 Å². The molecule has 0 radical (unpaired) electrons. The summed E-state index contributed by atoms with van der Waals surface area (Å²) in [4.78, 5) is 74.2. The van der Waals surface area contributed by atoms with Gasteiger partial charge in [0.2, 0.25) is 23.7 Å². The molecule has 2 aliphatic heterocycles. The largest absolute Gasteiger partial charge is 0.391 e. The van der Waals surface area contributed by atoms with E-state index in [2.05, 4.69) is 51.9 Å². The van der Waals surface area contributed by atoms with Crippen LogP contribution in [-0.2, 0) is 50.1 Å². The molecule has 0 saturated carbocycles. The first-order valence-corrected chi connectivity index (χ1v) is 28.9. The molecule has 3 atom stereocenters. The first kappa shape index (κ1) is 60.7. The number of amides is 4. The molecule has 24 heteroatoms. The normalized spacial score (nSPS) is 15.1. The van der Waals surface area contributed by atoms with E-state index in [0.717, 1.165) is 21.7 Å². The number of nitrogens with one attached hydrogen (secondary N) is 5. The van der Waals surface area contributed by atoms with Crippen LogP contribution in [0.25, 0.3) is 21.7 Å². The third-order valence-electron chi connectivity index (χ3n) is 14.1. The highest BCUT2D eigenvalue weighted by Crippen LogP contribution is 2.35. The van der Waals surface area contributed by atoms with Gasteiger partial charge in [0, 0.05) is 78.2 Å². The molecule has 4 aromatic carbocycles. The fraction of sp³-hybridized carbons (Fsp3) is 0.367. The van der Waals surface area contributed by atoms with Crippen LogP contribution in [0, 0.1) is 24.0 Å². The fourth-order valence-electron chi connectivity index (χ4n) is 9.71. The minimum absolute atomic E-state index is 0.00574. The van der Waals surface area contributed by atoms with Crippen molar-refractivity contribution in [1.82, 2.24) is 56.1 Å². The molecule has 0 spiro atoms. The molecule has 84 heavy (non-hydrogen) atoms. The zero-order chi connectivity index (χ0) is 59.3. The van der Waals surface area contributed by atoms with Crippen molar-refractivity contribution in [3.05, 3.63) is 159 Å². The summed E-state index contributed by atoms with van der Waals surface area (Å²) >= 11 is 7.93. The Bertz CT molecular complexity index is 3470. The maximum absolute atomic E-state index is 15.0. The number of ether oxygens (including phenoxy) is 2. The summed E-state index contributed by atoms with van der Waals surface area (Å²) in [5.74, 6) is -2.56. The number of rotatable bonds is 25. The number of aromatic nitrogens is 6. The Morgan fingerprint density at radius 3 is 2.43 bits per heavy atom. The molecule has 5 heterocycles. The number of fused-ring (bicyclic) bond motifs is 3. The highest BCUT2D eigenvalue weighted by atomic mass is 35.5. The van der Waals surface area contributed by atoms with Crippen LogP contribution in [0.2, 0.25) is 5.02 Å². The van der Waals surface area contributed by atoms with E-state index in [0.29, 0.717) is 83.6 Å². The van der Waals surface area contributed by atoms with Crippen molar-refractivity contribution in [2.45, 2.75) is 91.4 Å². The molecular weight excluding hydrogens is 1120 g/mol. The van der Waals surface area contributed by atoms with Gasteiger partial charge in [0.05, 0.1) is 84.9 Å². The van der Waals surface area contributed by atoms with Crippen molar-refractivity contribution in [2.75, 3.05) is 51.3 Å². The Morgan fingerprint density at radius 2 is 1.68 bits per heavy atom. The molecule has 0 aliphatic carbocycles. The van der Waals surface area contributed by atoms with Crippen molar-refractivity contribution in [3.8, 4) is 21.7 Å². The first-order valence-electron chi connectivity index (χ1n) is 27.6. The number of anilines is 2. The van der Waals surface area contributed by atoms with E-state index in [9.17, 15) is 33.1 Å². The third kappa shape index (κ3) is 15.6. The van der Waals surface area contributed by atoms with E-state index in [4.69, 9.17) is 26.1 Å². The number of aliphatic hydroxyl groups is 1. The van der Waals surface area contributed by atoms with Crippen LogP contribution in [0.1, 0.15) is 84.0 Å². The zero-order valence-corrected chi connectivity index (χ0v) is 48.5. The van der Waals surface area contributed by atoms with Gasteiger partial charge in [-0.2, -0.15) is 0 Å². The van der Waals surface area contributed by atoms with Crippen molar-refractivity contribution in [3.63, 3.8) is 0 Å². The quantitative estimate of drug-likeness (QED) is 0.0307. The average molecular weight is 1190 g/mol. The molecule has 4 amide bonds. The highest BCUT2D eigenvalue weighted by molar-refractivity contribution is 7.13. The number of halogens is 3. The van der Waals surface area contributed by atoms with Gasteiger partial charge in [0.15, 0.2) is 0 Å². The molecule has 1 fully saturated rings. The number of nitrogens with zero attached hydrogens (tertiary/aromatic N) is 8. The van der Waals surface area contributed by atoms with E-state index < -0.39 is 41.1 Å². The van der Waals surface area contributed by atoms with Crippen LogP contribution in [0.15, 0.2) is 108 Å². The molecule has 3 aromatic heterocycles. The SMILES string of the molecule is Cc1ncsc1-c1ccc(CNC(=O)[C@@H]2C[C@@H](O)CN2C(=O)[C@@H](NC(=O)CCCNCCn2cc(COCCOCCNC(=O)c3ccc(Nc4ncc5c(n4)-c4ccc(Cl)cc4C(c4c(F)cccc4F)=NC5)cc3)nn2)C(C)(C)C)cc1. The lowest BCUT2D eigenvalue weighted by atomic mass is 9.85. The number of carbonyl (C=O) groups is 4. The van der Waals surface area contributed by atoms with E-state index in [-0.39, 0.29) is 87.2 Å². The summed E-state index contributed by atoms with van der Waals surface area (Å²) in [6.07, 6.45) is 3.34. The smallest absolute Gasteiger partial charge is 0.251 e. The van der Waals surface area contributed by atoms with Crippen molar-refractivity contribution in [2.24, 2.45) is 10.4 Å². The van der Waals surface area contributed by atoms with Crippen molar-refractivity contribution in [1.29, 1.82) is 0 Å². The number of thiazole rings is 1. The summed E-state index contributed by atoms with van der Waals surface area (Å²) in [6, 6.07) is 21.6. The Balaban J connectivity index is 0.624. The Kier molecular flexibility index (Phi) is 20.3. The van der Waals surface area contributed by atoms with Crippen LogP contribution in [0.5, 0.6) is 0 Å². The van der Waals surface area contributed by atoms with Crippen molar-refractivity contribution >= 4 is 63.9 Å². The lowest BCUT2D eigenvalue weighted by Gasteiger charge is -2.35. The summed E-state index contributed by atoms with van der Waals surface area (Å²) in [5, 5.41) is 34.5. The number of likely N-dealkylation sites (tertiary alicyclic amines) is 1. The third-order valence-corrected chi connectivity index (χ3v) is 15.3. The van der Waals surface area contributed by atoms with Gasteiger partial charge < -0.3 is 46.1 Å². The number of aliphatic imine (C=N–C) groups is 1. The minimum Gasteiger partial charge on any atom is -0.391 e. The van der Waals surface area contributed by atoms with Gasteiger partial charge >= 0.3 is 0 Å². The number of hydrogen-bond donors (Lipinski definition) is 6. The van der Waals surface area contributed by atoms with Crippen LogP contribution < -0.4 is 26.6 Å². The standard InChI is InChI=1S/C60H66ClF2N13O7S/c1-36-54(84-35-69-36)38-12-10-37(11-13-38)29-67-57(80)49-28-44(77)33-76(49)58(81)55(60(2,3)4)71-50(78)9-6-20-64-21-23-75-32-43(73-74-75)34-83-26-25-82-24-22-65-56(79)39-14-17-42(18-15-39)70-59-68-31-40-30-66-53(51-47(62)7-5-8-48(51)63)46-27-41(61)16-19-45(46)52(40)72-59/h5,7-8,10-19,27,31-32,35,44,49,55,64,77H,6,9,20-26,28-30,33-34H2,1-4H3,(H,65,79)(H,67,80)(H,71,78)(H,68,70,72)/t44-,49+,55-/m1/s1. The topological polar surface area (TPSA) is 252 Å². The predicted molar refractivity (Wildman–Crippen MR) is 314 cm³/mol. The molecule has 0 unspecified atom stereocenters. The second-order valence-corrected chi connectivity index (χ2v) is 22.7. The van der Waals surface area contributed by atoms with Gasteiger partial charge in [0.25, 0.3) is 5.91 Å². The summed E-state index contributed by atoms with van der Waals surface area (Å²) in [5.41, 5.74) is 7.83. The van der Waals surface area contributed by atoms with Gasteiger partial charge in [-0.25, -0.2) is 23.7 Å². The lowest BCUT2D eigenvalue weighted by molar-refractivity contribution is -0.144. The maximum Gasteiger partial charge on any atom is 0.251 e. The van der Waals surface area contributed by atoms with Crippen molar-refractivity contribution < 1.29 is 42.5 Å². The zero-order valence-electron chi connectivity index (χ0n) is 47.0. The molecule has 9 rings (SSSR count). The number of hydrogen-bond acceptors (Lipinski definition) is 16. The summed E-state index contributed by atoms with van der Waals surface area (Å²) in [7, 11) is 0. The number of benzene rings is 4. The fourth-order valence-corrected chi connectivity index (χ4v) is 10.7. The molecule has 0 bridgehead atoms. The summed E-state index contributed by atoms with van der Waals surface area (Å²) in [6.45, 7) is 10.9. The van der Waals surface area contributed by atoms with Crippen LogP contribution >= 0.6 is 22.9 Å². The monoisotopic (exact) mass is 1190 g/mol. The average Bonchev–Trinajstić information content (AvgIpc) is 4.39. The van der Waals surface area contributed by atoms with E-state index in [1.54, 1.807) is 70.9 Å². The molecule has 1 saturated heterocycles. The predicted octanol–water partition coefficient (Wildman–Crippen LogP) is 7.34. The first-order chi connectivity index (χ1) is 40.5. The number of aliphatic hydroxyl groups excluding tert-OH is 1. The Labute approximate surface area is 493 Å². The van der Waals surface area contributed by atoms with Gasteiger partial charge in [-0.1, -0.05) is 74.0 Å². The number of aryl methyl sites for hydroxylation is 1. The highest BCUT2D eigenvalue weighted by Gasteiger charge is 2.44. The number of carbonyl (C=O) groups excluding carboxylic acids is 4. The van der Waals surface area contributed by atoms with Crippen LogP contribution in [0.4, 0.5) is 20.4 Å². The van der Waals surface area contributed by atoms with Gasteiger partial charge in [-0.3, -0.25) is 28.9 Å². The molecular formula is C60H66ClF2N13O7S. The lowest BCUT2D eigenvalue weighted by Crippen LogP contribution is -2.57. The molecule has 2 aliphatic rings. The maximum atomic E-state index is 15.0. The molecule has 20 nitrogen and oxygen atoms in total. The Morgan fingerprint density at radius 1 is 0.905 bits per heavy atom. The van der Waals surface area contributed by atoms with E-state index in [1.165, 1.54) is 23.1 Å². The minimum atomic E-state index is -0.914. The van der Waals surface area contributed by atoms with Crippen LogP contribution in [-0.4, -0.2) is 133 Å². The molecule has 440 valence electrons. The summed E-state index contributed by atoms with van der Waals surface area (Å²) < 4.78 is 43.0. The molecule has 7 aromatic rings.